The highest BCUT2D eigenvalue weighted by molar-refractivity contribution is 5.86. The molecule has 0 spiro atoms. The van der Waals surface area contributed by atoms with E-state index in [0.29, 0.717) is 18.6 Å². The molecule has 4 nitrogen and oxygen atoms in total. The van der Waals surface area contributed by atoms with Gasteiger partial charge in [-0.1, -0.05) is 0 Å². The molecule has 98 valence electrons. The first-order valence-electron chi connectivity index (χ1n) is 6.55. The fourth-order valence-electron chi connectivity index (χ4n) is 2.12. The number of amides is 1. The summed E-state index contributed by atoms with van der Waals surface area (Å²) in [6.45, 7) is 6.40. The Bertz CT molecular complexity index is 303. The van der Waals surface area contributed by atoms with Gasteiger partial charge in [-0.2, -0.15) is 0 Å². The monoisotopic (exact) mass is 240 g/mol. The lowest BCUT2D eigenvalue weighted by molar-refractivity contribution is -0.131. The van der Waals surface area contributed by atoms with Crippen molar-refractivity contribution >= 4 is 5.91 Å². The molecule has 0 aliphatic heterocycles. The lowest BCUT2D eigenvalue weighted by atomic mass is 9.92. The van der Waals surface area contributed by atoms with Gasteiger partial charge in [-0.3, -0.25) is 10.1 Å². The van der Waals surface area contributed by atoms with Gasteiger partial charge in [0.2, 0.25) is 5.91 Å². The Labute approximate surface area is 103 Å². The summed E-state index contributed by atoms with van der Waals surface area (Å²) < 4.78 is 5.82. The minimum Gasteiger partial charge on any atom is -0.373 e. The molecule has 1 unspecified atom stereocenters. The SMILES string of the molecule is CC(C)(C)OCC(NC1CC1)(C(N)=O)C1CC1. The van der Waals surface area contributed by atoms with Gasteiger partial charge in [-0.25, -0.2) is 0 Å². The van der Waals surface area contributed by atoms with E-state index >= 15 is 0 Å². The normalized spacial score (nSPS) is 24.4. The number of ether oxygens (including phenoxy) is 1. The third-order valence-electron chi connectivity index (χ3n) is 3.49. The van der Waals surface area contributed by atoms with Gasteiger partial charge in [-0.15, -0.1) is 0 Å². The van der Waals surface area contributed by atoms with Crippen LogP contribution in [0.25, 0.3) is 0 Å². The van der Waals surface area contributed by atoms with Crippen LogP contribution in [0.1, 0.15) is 46.5 Å². The molecule has 2 aliphatic rings. The topological polar surface area (TPSA) is 64.3 Å². The Morgan fingerprint density at radius 1 is 1.29 bits per heavy atom. The van der Waals surface area contributed by atoms with Crippen LogP contribution in [0, 0.1) is 5.92 Å². The molecule has 1 amide bonds. The Kier molecular flexibility index (Phi) is 3.21. The average Bonchev–Trinajstić information content (AvgIpc) is 3.01. The quantitative estimate of drug-likeness (QED) is 0.733. The van der Waals surface area contributed by atoms with E-state index in [-0.39, 0.29) is 11.5 Å². The van der Waals surface area contributed by atoms with Crippen molar-refractivity contribution in [1.29, 1.82) is 0 Å². The number of nitrogens with two attached hydrogens (primary N) is 1. The molecule has 0 radical (unpaired) electrons. The molecular formula is C13H24N2O2. The van der Waals surface area contributed by atoms with Crippen LogP contribution >= 0.6 is 0 Å². The molecule has 0 bridgehead atoms. The van der Waals surface area contributed by atoms with E-state index < -0.39 is 5.54 Å². The van der Waals surface area contributed by atoms with Crippen molar-refractivity contribution in [2.75, 3.05) is 6.61 Å². The second kappa shape index (κ2) is 4.25. The molecule has 0 aromatic carbocycles. The van der Waals surface area contributed by atoms with Crippen LogP contribution in [0.5, 0.6) is 0 Å². The van der Waals surface area contributed by atoms with Crippen LogP contribution in [0.4, 0.5) is 0 Å². The van der Waals surface area contributed by atoms with Gasteiger partial charge in [0.05, 0.1) is 12.2 Å². The Balaban J connectivity index is 2.06. The highest BCUT2D eigenvalue weighted by Crippen LogP contribution is 2.42. The van der Waals surface area contributed by atoms with Crippen LogP contribution in [0.15, 0.2) is 0 Å². The van der Waals surface area contributed by atoms with Crippen molar-refractivity contribution in [3.05, 3.63) is 0 Å². The molecule has 1 atom stereocenters. The summed E-state index contributed by atoms with van der Waals surface area (Å²) in [7, 11) is 0. The number of nitrogens with one attached hydrogen (secondary N) is 1. The van der Waals surface area contributed by atoms with Crippen molar-refractivity contribution in [2.24, 2.45) is 11.7 Å². The zero-order valence-electron chi connectivity index (χ0n) is 11.1. The van der Waals surface area contributed by atoms with Crippen LogP contribution in [-0.2, 0) is 9.53 Å². The molecular weight excluding hydrogens is 216 g/mol. The highest BCUT2D eigenvalue weighted by Gasteiger charge is 2.52. The van der Waals surface area contributed by atoms with Crippen LogP contribution in [-0.4, -0.2) is 29.7 Å². The maximum Gasteiger partial charge on any atom is 0.240 e. The molecule has 0 saturated heterocycles. The summed E-state index contributed by atoms with van der Waals surface area (Å²) in [5.74, 6) is 0.110. The fourth-order valence-corrected chi connectivity index (χ4v) is 2.12. The number of carbonyl (C=O) groups is 1. The smallest absolute Gasteiger partial charge is 0.240 e. The summed E-state index contributed by atoms with van der Waals surface area (Å²) in [4.78, 5) is 11.9. The van der Waals surface area contributed by atoms with E-state index in [1.165, 1.54) is 0 Å². The number of rotatable bonds is 6. The summed E-state index contributed by atoms with van der Waals surface area (Å²) in [5, 5.41) is 3.44. The minimum absolute atomic E-state index is 0.235. The predicted octanol–water partition coefficient (Wildman–Crippen LogP) is 1.19. The van der Waals surface area contributed by atoms with Crippen LogP contribution in [0.3, 0.4) is 0 Å². The molecule has 2 fully saturated rings. The van der Waals surface area contributed by atoms with Crippen molar-refractivity contribution in [2.45, 2.75) is 63.6 Å². The second-order valence-electron chi connectivity index (χ2n) is 6.43. The van der Waals surface area contributed by atoms with Gasteiger partial charge < -0.3 is 10.5 Å². The lowest BCUT2D eigenvalue weighted by Gasteiger charge is -2.35. The lowest BCUT2D eigenvalue weighted by Crippen LogP contribution is -2.61. The van der Waals surface area contributed by atoms with Crippen molar-refractivity contribution in [3.63, 3.8) is 0 Å². The van der Waals surface area contributed by atoms with E-state index in [0.717, 1.165) is 25.7 Å². The molecule has 2 rings (SSSR count). The molecule has 0 aromatic heterocycles. The second-order valence-corrected chi connectivity index (χ2v) is 6.43. The minimum atomic E-state index is -0.631. The zero-order chi connectivity index (χ0) is 12.7. The summed E-state index contributed by atoms with van der Waals surface area (Å²) in [6, 6.07) is 0.465. The fraction of sp³-hybridized carbons (Fsp3) is 0.923. The zero-order valence-corrected chi connectivity index (χ0v) is 11.1. The Morgan fingerprint density at radius 3 is 2.24 bits per heavy atom. The molecule has 3 N–H and O–H groups in total. The highest BCUT2D eigenvalue weighted by atomic mass is 16.5. The molecule has 0 aromatic rings. The third-order valence-corrected chi connectivity index (χ3v) is 3.49. The van der Waals surface area contributed by atoms with Crippen LogP contribution < -0.4 is 11.1 Å². The largest absolute Gasteiger partial charge is 0.373 e. The molecule has 2 aliphatic carbocycles. The molecule has 17 heavy (non-hydrogen) atoms. The van der Waals surface area contributed by atoms with E-state index in [4.69, 9.17) is 10.5 Å². The number of carbonyl (C=O) groups excluding carboxylic acids is 1. The van der Waals surface area contributed by atoms with Gasteiger partial charge >= 0.3 is 0 Å². The van der Waals surface area contributed by atoms with Gasteiger partial charge in [-0.05, 0) is 52.4 Å². The van der Waals surface area contributed by atoms with Gasteiger partial charge in [0, 0.05) is 6.04 Å². The molecule has 0 heterocycles. The van der Waals surface area contributed by atoms with Crippen LogP contribution in [0.2, 0.25) is 0 Å². The average molecular weight is 240 g/mol. The van der Waals surface area contributed by atoms with E-state index in [1.807, 2.05) is 20.8 Å². The molecule has 2 saturated carbocycles. The standard InChI is InChI=1S/C13H24N2O2/c1-12(2,3)17-8-13(11(14)16,9-4-5-9)15-10-6-7-10/h9-10,15H,4-8H2,1-3H3,(H2,14,16). The summed E-state index contributed by atoms with van der Waals surface area (Å²) in [6.07, 6.45) is 4.46. The van der Waals surface area contributed by atoms with Crippen molar-refractivity contribution < 1.29 is 9.53 Å². The Morgan fingerprint density at radius 2 is 1.88 bits per heavy atom. The van der Waals surface area contributed by atoms with Crippen molar-refractivity contribution in [3.8, 4) is 0 Å². The van der Waals surface area contributed by atoms with Gasteiger partial charge in [0.25, 0.3) is 0 Å². The van der Waals surface area contributed by atoms with E-state index in [9.17, 15) is 4.79 Å². The van der Waals surface area contributed by atoms with E-state index in [2.05, 4.69) is 5.32 Å². The first-order chi connectivity index (χ1) is 7.83. The number of hydrogen-bond acceptors (Lipinski definition) is 3. The van der Waals surface area contributed by atoms with Gasteiger partial charge in [0.15, 0.2) is 0 Å². The maximum atomic E-state index is 11.9. The van der Waals surface area contributed by atoms with E-state index in [1.54, 1.807) is 0 Å². The molecule has 4 heteroatoms. The van der Waals surface area contributed by atoms with Crippen molar-refractivity contribution in [1.82, 2.24) is 5.32 Å². The van der Waals surface area contributed by atoms with Gasteiger partial charge in [0.1, 0.15) is 5.54 Å². The number of hydrogen-bond donors (Lipinski definition) is 2. The number of primary amides is 1. The Hall–Kier alpha value is -0.610. The maximum absolute atomic E-state index is 11.9. The summed E-state index contributed by atoms with van der Waals surface area (Å²) in [5.41, 5.74) is 4.77. The summed E-state index contributed by atoms with van der Waals surface area (Å²) >= 11 is 0. The third kappa shape index (κ3) is 3.19. The first kappa shape index (κ1) is 12.8. The predicted molar refractivity (Wildman–Crippen MR) is 66.5 cm³/mol. The first-order valence-corrected chi connectivity index (χ1v) is 6.55.